The maximum Gasteiger partial charge on any atom is 0.242 e. The van der Waals surface area contributed by atoms with Gasteiger partial charge in [-0.3, -0.25) is 0 Å². The van der Waals surface area contributed by atoms with Crippen molar-refractivity contribution in [3.05, 3.63) is 35.9 Å². The molecule has 0 heterocycles. The lowest BCUT2D eigenvalue weighted by Crippen LogP contribution is -2.09. The molecule has 0 N–H and O–H groups in total. The van der Waals surface area contributed by atoms with E-state index in [1.165, 1.54) is 0 Å². The highest BCUT2D eigenvalue weighted by Crippen LogP contribution is 2.56. The summed E-state index contributed by atoms with van der Waals surface area (Å²) in [6.07, 6.45) is -1.56. The van der Waals surface area contributed by atoms with Crippen LogP contribution in [0.15, 0.2) is 30.3 Å². The lowest BCUT2D eigenvalue weighted by atomic mass is 9.96. The van der Waals surface area contributed by atoms with Gasteiger partial charge in [0.2, 0.25) is 6.43 Å². The average Bonchev–Trinajstić information content (AvgIpc) is 2.82. The van der Waals surface area contributed by atoms with Gasteiger partial charge < -0.3 is 0 Å². The van der Waals surface area contributed by atoms with E-state index in [1.54, 1.807) is 0 Å². The molecule has 1 aromatic rings. The van der Waals surface area contributed by atoms with E-state index in [1.807, 2.05) is 37.3 Å². The minimum absolute atomic E-state index is 0.268. The first-order valence-electron chi connectivity index (χ1n) is 4.48. The summed E-state index contributed by atoms with van der Waals surface area (Å²) in [5, 5.41) is 0. The summed E-state index contributed by atoms with van der Waals surface area (Å²) >= 11 is 0. The van der Waals surface area contributed by atoms with E-state index in [2.05, 4.69) is 0 Å². The molecule has 0 nitrogen and oxygen atoms in total. The van der Waals surface area contributed by atoms with E-state index < -0.39 is 12.3 Å². The topological polar surface area (TPSA) is 0 Å². The molecule has 1 fully saturated rings. The fourth-order valence-corrected chi connectivity index (χ4v) is 1.92. The zero-order chi connectivity index (χ0) is 9.47. The molecule has 70 valence electrons. The van der Waals surface area contributed by atoms with Crippen molar-refractivity contribution in [2.75, 3.05) is 0 Å². The Labute approximate surface area is 76.6 Å². The van der Waals surface area contributed by atoms with Gasteiger partial charge in [0.15, 0.2) is 0 Å². The molecule has 2 atom stereocenters. The molecule has 1 aromatic carbocycles. The molecular weight excluding hydrogens is 170 g/mol. The van der Waals surface area contributed by atoms with E-state index in [9.17, 15) is 8.78 Å². The fraction of sp³-hybridized carbons (Fsp3) is 0.455. The highest BCUT2D eigenvalue weighted by molar-refractivity contribution is 5.32. The predicted molar refractivity (Wildman–Crippen MR) is 47.9 cm³/mol. The van der Waals surface area contributed by atoms with Crippen LogP contribution in [-0.2, 0) is 5.41 Å². The molecule has 2 rings (SSSR count). The van der Waals surface area contributed by atoms with Crippen LogP contribution in [0.2, 0.25) is 0 Å². The molecule has 0 radical (unpaired) electrons. The van der Waals surface area contributed by atoms with Crippen molar-refractivity contribution < 1.29 is 8.78 Å². The smallest absolute Gasteiger partial charge is 0.210 e. The van der Waals surface area contributed by atoms with Gasteiger partial charge >= 0.3 is 0 Å². The first kappa shape index (κ1) is 8.67. The third kappa shape index (κ3) is 1.34. The van der Waals surface area contributed by atoms with Crippen LogP contribution in [0.25, 0.3) is 0 Å². The van der Waals surface area contributed by atoms with Gasteiger partial charge in [0.1, 0.15) is 0 Å². The summed E-state index contributed by atoms with van der Waals surface area (Å²) < 4.78 is 24.8. The quantitative estimate of drug-likeness (QED) is 0.658. The second-order valence-corrected chi connectivity index (χ2v) is 3.93. The monoisotopic (exact) mass is 182 g/mol. The molecule has 0 spiro atoms. The first-order valence-corrected chi connectivity index (χ1v) is 4.48. The summed E-state index contributed by atoms with van der Waals surface area (Å²) in [6, 6.07) is 9.58. The van der Waals surface area contributed by atoms with Gasteiger partial charge in [-0.05, 0) is 12.0 Å². The molecule has 0 saturated heterocycles. The maximum absolute atomic E-state index is 12.4. The Morgan fingerprint density at radius 2 is 1.92 bits per heavy atom. The van der Waals surface area contributed by atoms with Crippen molar-refractivity contribution in [3.63, 3.8) is 0 Å². The molecule has 2 heteroatoms. The van der Waals surface area contributed by atoms with Crippen molar-refractivity contribution in [1.82, 2.24) is 0 Å². The van der Waals surface area contributed by atoms with Crippen LogP contribution in [0, 0.1) is 5.92 Å². The highest BCUT2D eigenvalue weighted by atomic mass is 19.3. The van der Waals surface area contributed by atoms with Crippen LogP contribution in [0.3, 0.4) is 0 Å². The van der Waals surface area contributed by atoms with E-state index in [0.717, 1.165) is 5.56 Å². The minimum Gasteiger partial charge on any atom is -0.210 e. The number of alkyl halides is 2. The second-order valence-electron chi connectivity index (χ2n) is 3.93. The zero-order valence-corrected chi connectivity index (χ0v) is 7.50. The standard InChI is InChI=1S/C11H12F2/c1-11(7-9(11)10(12)13)8-5-3-2-4-6-8/h2-6,9-10H,7H2,1H3. The lowest BCUT2D eigenvalue weighted by Gasteiger charge is -2.10. The number of halogens is 2. The van der Waals surface area contributed by atoms with Crippen molar-refractivity contribution >= 4 is 0 Å². The largest absolute Gasteiger partial charge is 0.242 e. The fourth-order valence-electron chi connectivity index (χ4n) is 1.92. The SMILES string of the molecule is CC1(c2ccccc2)CC1C(F)F. The summed E-state index contributed by atoms with van der Waals surface area (Å²) in [4.78, 5) is 0. The molecule has 13 heavy (non-hydrogen) atoms. The number of hydrogen-bond acceptors (Lipinski definition) is 0. The van der Waals surface area contributed by atoms with Crippen molar-refractivity contribution in [2.45, 2.75) is 25.2 Å². The molecule has 0 bridgehead atoms. The molecule has 1 aliphatic carbocycles. The summed E-state index contributed by atoms with van der Waals surface area (Å²) in [6.45, 7) is 1.92. The van der Waals surface area contributed by atoms with Crippen LogP contribution >= 0.6 is 0 Å². The van der Waals surface area contributed by atoms with E-state index in [0.29, 0.717) is 6.42 Å². The Bertz CT molecular complexity index is 294. The Morgan fingerprint density at radius 1 is 1.31 bits per heavy atom. The van der Waals surface area contributed by atoms with Crippen LogP contribution < -0.4 is 0 Å². The Hall–Kier alpha value is -0.920. The Kier molecular flexibility index (Phi) is 1.86. The van der Waals surface area contributed by atoms with Crippen LogP contribution in [0.5, 0.6) is 0 Å². The third-order valence-corrected chi connectivity index (χ3v) is 3.04. The zero-order valence-electron chi connectivity index (χ0n) is 7.50. The van der Waals surface area contributed by atoms with Crippen molar-refractivity contribution in [1.29, 1.82) is 0 Å². The second kappa shape index (κ2) is 2.79. The van der Waals surface area contributed by atoms with Gasteiger partial charge in [-0.1, -0.05) is 37.3 Å². The van der Waals surface area contributed by atoms with Crippen molar-refractivity contribution in [3.8, 4) is 0 Å². The van der Waals surface area contributed by atoms with Gasteiger partial charge in [-0.2, -0.15) is 0 Å². The highest BCUT2D eigenvalue weighted by Gasteiger charge is 2.55. The molecule has 0 amide bonds. The Balaban J connectivity index is 2.21. The first-order chi connectivity index (χ1) is 6.14. The van der Waals surface area contributed by atoms with Gasteiger partial charge in [0, 0.05) is 11.3 Å². The minimum atomic E-state index is -2.18. The van der Waals surface area contributed by atoms with E-state index in [-0.39, 0.29) is 5.41 Å². The predicted octanol–water partition coefficient (Wildman–Crippen LogP) is 3.23. The maximum atomic E-state index is 12.4. The van der Waals surface area contributed by atoms with Crippen LogP contribution in [-0.4, -0.2) is 6.43 Å². The van der Waals surface area contributed by atoms with E-state index in [4.69, 9.17) is 0 Å². The summed E-state index contributed by atoms with van der Waals surface area (Å²) in [5.74, 6) is -0.435. The molecule has 0 aromatic heterocycles. The number of hydrogen-bond donors (Lipinski definition) is 0. The van der Waals surface area contributed by atoms with Gasteiger partial charge in [-0.15, -0.1) is 0 Å². The summed E-state index contributed by atoms with van der Waals surface area (Å²) in [5.41, 5.74) is 0.774. The summed E-state index contributed by atoms with van der Waals surface area (Å²) in [7, 11) is 0. The Morgan fingerprint density at radius 3 is 2.38 bits per heavy atom. The lowest BCUT2D eigenvalue weighted by molar-refractivity contribution is 0.114. The van der Waals surface area contributed by atoms with Gasteiger partial charge in [0.25, 0.3) is 0 Å². The molecule has 0 aliphatic heterocycles. The molecular formula is C11H12F2. The van der Waals surface area contributed by atoms with Crippen LogP contribution in [0.1, 0.15) is 18.9 Å². The average molecular weight is 182 g/mol. The number of benzene rings is 1. The third-order valence-electron chi connectivity index (χ3n) is 3.04. The molecule has 1 saturated carbocycles. The van der Waals surface area contributed by atoms with Gasteiger partial charge in [-0.25, -0.2) is 8.78 Å². The molecule has 2 unspecified atom stereocenters. The van der Waals surface area contributed by atoms with Gasteiger partial charge in [0.05, 0.1) is 0 Å². The van der Waals surface area contributed by atoms with Crippen LogP contribution in [0.4, 0.5) is 8.78 Å². The van der Waals surface area contributed by atoms with Crippen molar-refractivity contribution in [2.24, 2.45) is 5.92 Å². The van der Waals surface area contributed by atoms with E-state index >= 15 is 0 Å². The normalized spacial score (nSPS) is 32.2. The molecule has 1 aliphatic rings. The number of rotatable bonds is 2.